The number of nitrogens with zero attached hydrogens (tertiary/aromatic N) is 5. The third kappa shape index (κ3) is 4.95. The van der Waals surface area contributed by atoms with Crippen LogP contribution in [0.15, 0.2) is 30.6 Å². The molecule has 0 aliphatic carbocycles. The van der Waals surface area contributed by atoms with Gasteiger partial charge < -0.3 is 9.80 Å². The van der Waals surface area contributed by atoms with Crippen LogP contribution in [0.4, 0.5) is 29.2 Å². The fourth-order valence-electron chi connectivity index (χ4n) is 3.84. The summed E-state index contributed by atoms with van der Waals surface area (Å²) < 4.78 is 53.5. The van der Waals surface area contributed by atoms with E-state index in [4.69, 9.17) is 0 Å². The van der Waals surface area contributed by atoms with E-state index in [1.165, 1.54) is 18.5 Å². The first kappa shape index (κ1) is 19.9. The summed E-state index contributed by atoms with van der Waals surface area (Å²) in [5.41, 5.74) is 0.613. The van der Waals surface area contributed by atoms with Crippen molar-refractivity contribution in [1.82, 2.24) is 14.9 Å². The molecule has 0 bridgehead atoms. The normalized spacial score (nSPS) is 20.1. The number of halogens is 4. The van der Waals surface area contributed by atoms with Crippen LogP contribution in [0.3, 0.4) is 0 Å². The third-order valence-electron chi connectivity index (χ3n) is 5.48. The van der Waals surface area contributed by atoms with Crippen LogP contribution in [0, 0.1) is 11.6 Å². The van der Waals surface area contributed by atoms with Crippen LogP contribution in [-0.2, 0) is 6.54 Å². The number of alkyl halides is 2. The van der Waals surface area contributed by atoms with Crippen molar-refractivity contribution in [3.8, 4) is 0 Å². The van der Waals surface area contributed by atoms with Gasteiger partial charge in [0, 0.05) is 70.8 Å². The van der Waals surface area contributed by atoms with Gasteiger partial charge in [-0.2, -0.15) is 0 Å². The maximum absolute atomic E-state index is 13.4. The molecule has 29 heavy (non-hydrogen) atoms. The molecule has 9 heteroatoms. The second-order valence-corrected chi connectivity index (χ2v) is 7.62. The number of hydrogen-bond acceptors (Lipinski definition) is 5. The van der Waals surface area contributed by atoms with Gasteiger partial charge in [-0.05, 0) is 17.7 Å². The van der Waals surface area contributed by atoms with Gasteiger partial charge in [0.15, 0.2) is 0 Å². The molecule has 2 aliphatic heterocycles. The van der Waals surface area contributed by atoms with Crippen LogP contribution in [-0.4, -0.2) is 60.1 Å². The zero-order valence-electron chi connectivity index (χ0n) is 16.0. The summed E-state index contributed by atoms with van der Waals surface area (Å²) in [7, 11) is 0. The molecule has 0 N–H and O–H groups in total. The molecule has 0 radical (unpaired) electrons. The molecular formula is C20H23F4N5. The maximum Gasteiger partial charge on any atom is 0.251 e. The van der Waals surface area contributed by atoms with Gasteiger partial charge in [0.05, 0.1) is 0 Å². The lowest BCUT2D eigenvalue weighted by atomic mass is 10.1. The van der Waals surface area contributed by atoms with Gasteiger partial charge in [0.25, 0.3) is 5.92 Å². The largest absolute Gasteiger partial charge is 0.356 e. The minimum atomic E-state index is -2.59. The average Bonchev–Trinajstić information content (AvgIpc) is 2.68. The minimum Gasteiger partial charge on any atom is -0.356 e. The number of hydrogen-bond donors (Lipinski definition) is 0. The Morgan fingerprint density at radius 3 is 1.90 bits per heavy atom. The Morgan fingerprint density at radius 1 is 0.759 bits per heavy atom. The molecule has 2 aliphatic rings. The lowest BCUT2D eigenvalue weighted by Crippen LogP contribution is -2.46. The van der Waals surface area contributed by atoms with Crippen LogP contribution in [0.1, 0.15) is 18.4 Å². The molecule has 0 saturated carbocycles. The van der Waals surface area contributed by atoms with E-state index in [9.17, 15) is 17.6 Å². The molecule has 2 aromatic rings. The molecule has 1 aromatic heterocycles. The molecule has 3 heterocycles. The molecule has 0 unspecified atom stereocenters. The highest BCUT2D eigenvalue weighted by molar-refractivity contribution is 5.50. The molecular weight excluding hydrogens is 386 g/mol. The first-order valence-electron chi connectivity index (χ1n) is 9.75. The maximum atomic E-state index is 13.4. The smallest absolute Gasteiger partial charge is 0.251 e. The van der Waals surface area contributed by atoms with Crippen molar-refractivity contribution >= 4 is 11.6 Å². The topological polar surface area (TPSA) is 35.5 Å². The van der Waals surface area contributed by atoms with Gasteiger partial charge in [0.2, 0.25) is 0 Å². The van der Waals surface area contributed by atoms with E-state index in [2.05, 4.69) is 19.8 Å². The van der Waals surface area contributed by atoms with E-state index in [1.807, 2.05) is 11.0 Å². The van der Waals surface area contributed by atoms with E-state index >= 15 is 0 Å². The monoisotopic (exact) mass is 409 g/mol. The molecule has 156 valence electrons. The van der Waals surface area contributed by atoms with Gasteiger partial charge in [-0.1, -0.05) is 0 Å². The highest BCUT2D eigenvalue weighted by Crippen LogP contribution is 2.30. The molecule has 1 aromatic carbocycles. The van der Waals surface area contributed by atoms with Crippen LogP contribution >= 0.6 is 0 Å². The molecule has 2 saturated heterocycles. The molecule has 0 atom stereocenters. The van der Waals surface area contributed by atoms with Gasteiger partial charge in [-0.3, -0.25) is 4.90 Å². The SMILES string of the molecule is Fc1cc(F)cc(CN2CCN(c3cc(N4CCC(F)(F)CC4)ncn3)CC2)c1. The van der Waals surface area contributed by atoms with Crippen molar-refractivity contribution in [3.05, 3.63) is 47.8 Å². The number of anilines is 2. The predicted octanol–water partition coefficient (Wildman–Crippen LogP) is 3.31. The standard InChI is InChI=1S/C20H23F4N5/c21-16-9-15(10-17(22)11-16)13-27-5-7-29(8-6-27)19-12-18(25-14-26-19)28-3-1-20(23,24)2-4-28/h9-12,14H,1-8,13H2. The van der Waals surface area contributed by atoms with E-state index in [1.54, 1.807) is 0 Å². The zero-order valence-corrected chi connectivity index (χ0v) is 16.0. The van der Waals surface area contributed by atoms with Gasteiger partial charge in [-0.25, -0.2) is 27.5 Å². The second-order valence-electron chi connectivity index (χ2n) is 7.62. The summed E-state index contributed by atoms with van der Waals surface area (Å²) in [5.74, 6) is -2.29. The summed E-state index contributed by atoms with van der Waals surface area (Å²) in [5, 5.41) is 0. The minimum absolute atomic E-state index is 0.161. The van der Waals surface area contributed by atoms with Crippen molar-refractivity contribution in [1.29, 1.82) is 0 Å². The highest BCUT2D eigenvalue weighted by Gasteiger charge is 2.34. The van der Waals surface area contributed by atoms with Gasteiger partial charge in [0.1, 0.15) is 29.6 Å². The summed E-state index contributed by atoms with van der Waals surface area (Å²) in [6.45, 7) is 3.93. The first-order chi connectivity index (χ1) is 13.9. The predicted molar refractivity (Wildman–Crippen MR) is 102 cm³/mol. The van der Waals surface area contributed by atoms with E-state index in [0.717, 1.165) is 25.0 Å². The summed E-state index contributed by atoms with van der Waals surface area (Å²) in [6.07, 6.45) is 1.15. The lowest BCUT2D eigenvalue weighted by molar-refractivity contribution is -0.0221. The van der Waals surface area contributed by atoms with Crippen LogP contribution in [0.5, 0.6) is 0 Å². The van der Waals surface area contributed by atoms with E-state index in [-0.39, 0.29) is 25.9 Å². The average molecular weight is 409 g/mol. The third-order valence-corrected chi connectivity index (χ3v) is 5.48. The number of piperazine rings is 1. The fourth-order valence-corrected chi connectivity index (χ4v) is 3.84. The Bertz CT molecular complexity index is 824. The Balaban J connectivity index is 1.35. The quantitative estimate of drug-likeness (QED) is 0.724. The first-order valence-corrected chi connectivity index (χ1v) is 9.75. The molecule has 0 spiro atoms. The summed E-state index contributed by atoms with van der Waals surface area (Å²) in [4.78, 5) is 14.7. The zero-order chi connectivity index (χ0) is 20.4. The Morgan fingerprint density at radius 2 is 1.31 bits per heavy atom. The van der Waals surface area contributed by atoms with Crippen molar-refractivity contribution in [2.75, 3.05) is 49.1 Å². The molecule has 4 rings (SSSR count). The summed E-state index contributed by atoms with van der Waals surface area (Å²) >= 11 is 0. The van der Waals surface area contributed by atoms with Crippen LogP contribution < -0.4 is 9.80 Å². The van der Waals surface area contributed by atoms with Crippen molar-refractivity contribution in [3.63, 3.8) is 0 Å². The number of piperidine rings is 1. The summed E-state index contributed by atoms with van der Waals surface area (Å²) in [6, 6.07) is 5.43. The number of aromatic nitrogens is 2. The number of rotatable bonds is 4. The highest BCUT2D eigenvalue weighted by atomic mass is 19.3. The van der Waals surface area contributed by atoms with Crippen LogP contribution in [0.2, 0.25) is 0 Å². The molecule has 2 fully saturated rings. The lowest BCUT2D eigenvalue weighted by Gasteiger charge is -2.36. The van der Waals surface area contributed by atoms with Crippen molar-refractivity contribution < 1.29 is 17.6 Å². The van der Waals surface area contributed by atoms with E-state index < -0.39 is 17.6 Å². The Kier molecular flexibility index (Phi) is 5.58. The van der Waals surface area contributed by atoms with Crippen molar-refractivity contribution in [2.45, 2.75) is 25.3 Å². The Hall–Kier alpha value is -2.42. The molecule has 0 amide bonds. The van der Waals surface area contributed by atoms with Gasteiger partial charge >= 0.3 is 0 Å². The number of benzene rings is 1. The Labute approximate surface area is 167 Å². The fraction of sp³-hybridized carbons (Fsp3) is 0.500. The van der Waals surface area contributed by atoms with Crippen LogP contribution in [0.25, 0.3) is 0 Å². The molecule has 5 nitrogen and oxygen atoms in total. The van der Waals surface area contributed by atoms with E-state index in [0.29, 0.717) is 31.0 Å². The van der Waals surface area contributed by atoms with Crippen molar-refractivity contribution in [2.24, 2.45) is 0 Å². The van der Waals surface area contributed by atoms with Gasteiger partial charge in [-0.15, -0.1) is 0 Å². The second kappa shape index (κ2) is 8.14.